The van der Waals surface area contributed by atoms with E-state index in [1.54, 1.807) is 0 Å². The lowest BCUT2D eigenvalue weighted by atomic mass is 9.94. The van der Waals surface area contributed by atoms with Crippen LogP contribution in [0.2, 0.25) is 0 Å². The number of carbonyl (C=O) groups is 1. The predicted octanol–water partition coefficient (Wildman–Crippen LogP) is 2.80. The Morgan fingerprint density at radius 3 is 2.46 bits per heavy atom. The Bertz CT molecular complexity index is 701. The highest BCUT2D eigenvalue weighted by Gasteiger charge is 2.28. The largest absolute Gasteiger partial charge is 0.373 e. The second kappa shape index (κ2) is 7.05. The van der Waals surface area contributed by atoms with E-state index in [-0.39, 0.29) is 17.9 Å². The smallest absolute Gasteiger partial charge is 0.227 e. The molecule has 1 aliphatic heterocycles. The van der Waals surface area contributed by atoms with Crippen molar-refractivity contribution < 1.29 is 4.79 Å². The first-order valence-corrected chi connectivity index (χ1v) is 8.46. The maximum atomic E-state index is 13.0. The lowest BCUT2D eigenvalue weighted by Gasteiger charge is -2.27. The molecule has 0 spiro atoms. The molecule has 4 nitrogen and oxygen atoms in total. The highest BCUT2D eigenvalue weighted by Crippen LogP contribution is 2.26. The summed E-state index contributed by atoms with van der Waals surface area (Å²) in [7, 11) is 2.08. The summed E-state index contributed by atoms with van der Waals surface area (Å²) in [6.45, 7) is 4.12. The first-order valence-electron chi connectivity index (χ1n) is 8.46. The van der Waals surface area contributed by atoms with E-state index >= 15 is 0 Å². The predicted molar refractivity (Wildman–Crippen MR) is 97.7 cm³/mol. The number of likely N-dealkylation sites (N-methyl/N-ethyl adjacent to an activating group) is 1. The summed E-state index contributed by atoms with van der Waals surface area (Å²) in [4.78, 5) is 17.2. The van der Waals surface area contributed by atoms with Crippen molar-refractivity contribution in [2.75, 3.05) is 25.0 Å². The maximum Gasteiger partial charge on any atom is 0.227 e. The third-order valence-corrected chi connectivity index (χ3v) is 4.89. The molecule has 126 valence electrons. The summed E-state index contributed by atoms with van der Waals surface area (Å²) < 4.78 is 0. The van der Waals surface area contributed by atoms with Crippen molar-refractivity contribution >= 4 is 11.6 Å². The Labute approximate surface area is 143 Å². The summed E-state index contributed by atoms with van der Waals surface area (Å²) in [5, 5.41) is 0. The van der Waals surface area contributed by atoms with E-state index in [9.17, 15) is 4.79 Å². The number of fused-ring (bicyclic) bond motifs is 1. The number of anilines is 1. The van der Waals surface area contributed by atoms with Crippen molar-refractivity contribution in [3.05, 3.63) is 65.7 Å². The van der Waals surface area contributed by atoms with Gasteiger partial charge in [-0.25, -0.2) is 0 Å². The molecule has 4 heteroatoms. The van der Waals surface area contributed by atoms with Gasteiger partial charge in [-0.05, 0) is 17.2 Å². The summed E-state index contributed by atoms with van der Waals surface area (Å²) in [5.74, 6) is -0.126. The SMILES string of the molecule is CC(C(=O)N1CCN(C)c2ccccc2C1)C(N)c1ccccc1. The normalized spacial score (nSPS) is 17.0. The second-order valence-corrected chi connectivity index (χ2v) is 6.54. The molecule has 1 aliphatic rings. The van der Waals surface area contributed by atoms with Crippen molar-refractivity contribution in [1.29, 1.82) is 0 Å². The first kappa shape index (κ1) is 16.5. The van der Waals surface area contributed by atoms with Gasteiger partial charge in [-0.3, -0.25) is 4.79 Å². The van der Waals surface area contributed by atoms with Gasteiger partial charge in [0.05, 0.1) is 5.92 Å². The molecule has 0 saturated carbocycles. The lowest BCUT2D eigenvalue weighted by molar-refractivity contribution is -0.136. The van der Waals surface area contributed by atoms with Gasteiger partial charge >= 0.3 is 0 Å². The van der Waals surface area contributed by atoms with Gasteiger partial charge in [0, 0.05) is 38.4 Å². The Kier molecular flexibility index (Phi) is 4.86. The molecule has 1 heterocycles. The van der Waals surface area contributed by atoms with Crippen LogP contribution in [0.25, 0.3) is 0 Å². The molecule has 0 saturated heterocycles. The minimum atomic E-state index is -0.282. The van der Waals surface area contributed by atoms with Gasteiger partial charge in [-0.2, -0.15) is 0 Å². The van der Waals surface area contributed by atoms with E-state index in [4.69, 9.17) is 5.73 Å². The van der Waals surface area contributed by atoms with Crippen molar-refractivity contribution in [2.45, 2.75) is 19.5 Å². The average Bonchev–Trinajstić information content (AvgIpc) is 2.80. The van der Waals surface area contributed by atoms with E-state index in [2.05, 4.69) is 24.1 Å². The summed E-state index contributed by atoms with van der Waals surface area (Å²) in [6, 6.07) is 17.9. The van der Waals surface area contributed by atoms with E-state index in [1.165, 1.54) is 11.3 Å². The standard InChI is InChI=1S/C20H25N3O/c1-15(19(21)16-8-4-3-5-9-16)20(24)23-13-12-22(2)18-11-7-6-10-17(18)14-23/h3-11,15,19H,12-14,21H2,1-2H3. The number of nitrogens with zero attached hydrogens (tertiary/aromatic N) is 2. The van der Waals surface area contributed by atoms with Crippen LogP contribution in [0.3, 0.4) is 0 Å². The van der Waals surface area contributed by atoms with Crippen molar-refractivity contribution in [3.63, 3.8) is 0 Å². The number of hydrogen-bond acceptors (Lipinski definition) is 3. The molecule has 2 aromatic carbocycles. The van der Waals surface area contributed by atoms with E-state index in [1.807, 2.05) is 54.3 Å². The minimum absolute atomic E-state index is 0.122. The molecule has 0 fully saturated rings. The fourth-order valence-electron chi connectivity index (χ4n) is 3.29. The Balaban J connectivity index is 1.78. The zero-order chi connectivity index (χ0) is 17.1. The quantitative estimate of drug-likeness (QED) is 0.945. The van der Waals surface area contributed by atoms with E-state index < -0.39 is 0 Å². The van der Waals surface area contributed by atoms with Gasteiger partial charge in [0.15, 0.2) is 0 Å². The lowest BCUT2D eigenvalue weighted by Crippen LogP contribution is -2.40. The highest BCUT2D eigenvalue weighted by molar-refractivity contribution is 5.80. The third-order valence-electron chi connectivity index (χ3n) is 4.89. The molecule has 2 atom stereocenters. The summed E-state index contributed by atoms with van der Waals surface area (Å²) in [6.07, 6.45) is 0. The van der Waals surface area contributed by atoms with Crippen molar-refractivity contribution in [2.24, 2.45) is 11.7 Å². The molecule has 2 unspecified atom stereocenters. The Morgan fingerprint density at radius 2 is 1.71 bits per heavy atom. The van der Waals surface area contributed by atoms with Gasteiger partial charge in [-0.15, -0.1) is 0 Å². The molecule has 1 amide bonds. The van der Waals surface area contributed by atoms with Crippen molar-refractivity contribution in [1.82, 2.24) is 4.90 Å². The third kappa shape index (κ3) is 3.29. The maximum absolute atomic E-state index is 13.0. The number of para-hydroxylation sites is 1. The van der Waals surface area contributed by atoms with Gasteiger partial charge in [-0.1, -0.05) is 55.5 Å². The number of hydrogen-bond donors (Lipinski definition) is 1. The molecule has 2 aromatic rings. The van der Waals surface area contributed by atoms with Crippen LogP contribution in [-0.4, -0.2) is 30.9 Å². The number of benzene rings is 2. The van der Waals surface area contributed by atoms with Gasteiger partial charge in [0.1, 0.15) is 0 Å². The van der Waals surface area contributed by atoms with Crippen LogP contribution < -0.4 is 10.6 Å². The molecule has 3 rings (SSSR count). The highest BCUT2D eigenvalue weighted by atomic mass is 16.2. The van der Waals surface area contributed by atoms with Gasteiger partial charge in [0.25, 0.3) is 0 Å². The fourth-order valence-corrected chi connectivity index (χ4v) is 3.29. The van der Waals surface area contributed by atoms with Crippen LogP contribution in [0.15, 0.2) is 54.6 Å². The fraction of sp³-hybridized carbons (Fsp3) is 0.350. The monoisotopic (exact) mass is 323 g/mol. The number of amides is 1. The molecule has 0 radical (unpaired) electrons. The van der Waals surface area contributed by atoms with Gasteiger partial charge < -0.3 is 15.5 Å². The van der Waals surface area contributed by atoms with Crippen LogP contribution in [0.4, 0.5) is 5.69 Å². The topological polar surface area (TPSA) is 49.6 Å². The molecule has 0 aromatic heterocycles. The molecular weight excluding hydrogens is 298 g/mol. The second-order valence-electron chi connectivity index (χ2n) is 6.54. The molecule has 24 heavy (non-hydrogen) atoms. The van der Waals surface area contributed by atoms with Crippen LogP contribution in [0, 0.1) is 5.92 Å². The Morgan fingerprint density at radius 1 is 1.04 bits per heavy atom. The molecule has 2 N–H and O–H groups in total. The van der Waals surface area contributed by atoms with Crippen molar-refractivity contribution in [3.8, 4) is 0 Å². The number of carbonyl (C=O) groups excluding carboxylic acids is 1. The van der Waals surface area contributed by atoms with E-state index in [0.717, 1.165) is 18.7 Å². The van der Waals surface area contributed by atoms with Crippen LogP contribution in [0.5, 0.6) is 0 Å². The number of rotatable bonds is 3. The summed E-state index contributed by atoms with van der Waals surface area (Å²) in [5.41, 5.74) is 9.74. The van der Waals surface area contributed by atoms with Crippen LogP contribution >= 0.6 is 0 Å². The molecule has 0 bridgehead atoms. The molecular formula is C20H25N3O. The Hall–Kier alpha value is -2.33. The number of nitrogens with two attached hydrogens (primary N) is 1. The zero-order valence-electron chi connectivity index (χ0n) is 14.4. The summed E-state index contributed by atoms with van der Waals surface area (Å²) >= 11 is 0. The van der Waals surface area contributed by atoms with Crippen LogP contribution in [-0.2, 0) is 11.3 Å². The van der Waals surface area contributed by atoms with Crippen LogP contribution in [0.1, 0.15) is 24.1 Å². The minimum Gasteiger partial charge on any atom is -0.373 e. The van der Waals surface area contributed by atoms with Gasteiger partial charge in [0.2, 0.25) is 5.91 Å². The first-order chi connectivity index (χ1) is 11.6. The van der Waals surface area contributed by atoms with E-state index in [0.29, 0.717) is 6.54 Å². The zero-order valence-corrected chi connectivity index (χ0v) is 14.4. The average molecular weight is 323 g/mol. The molecule has 0 aliphatic carbocycles.